The largest absolute Gasteiger partial charge is 0.493 e. The van der Waals surface area contributed by atoms with Crippen LogP contribution in [0.4, 0.5) is 5.69 Å². The highest BCUT2D eigenvalue weighted by Crippen LogP contribution is 2.34. The molecule has 0 bridgehead atoms. The lowest BCUT2D eigenvalue weighted by atomic mass is 9.91. The maximum Gasteiger partial charge on any atom is 0.340 e. The number of esters is 1. The lowest BCUT2D eigenvalue weighted by Gasteiger charge is -2.22. The van der Waals surface area contributed by atoms with Gasteiger partial charge in [0.1, 0.15) is 5.75 Å². The first-order chi connectivity index (χ1) is 14.5. The summed E-state index contributed by atoms with van der Waals surface area (Å²) in [6.45, 7) is 1.68. The van der Waals surface area contributed by atoms with Gasteiger partial charge >= 0.3 is 5.97 Å². The van der Waals surface area contributed by atoms with Crippen LogP contribution in [0.15, 0.2) is 30.3 Å². The van der Waals surface area contributed by atoms with Crippen molar-refractivity contribution >= 4 is 17.6 Å². The fourth-order valence-electron chi connectivity index (χ4n) is 3.60. The number of hydrogen-bond acceptors (Lipinski definition) is 6. The van der Waals surface area contributed by atoms with Crippen LogP contribution in [0.25, 0.3) is 0 Å². The molecule has 1 aliphatic carbocycles. The van der Waals surface area contributed by atoms with Crippen molar-refractivity contribution in [2.24, 2.45) is 0 Å². The molecule has 0 spiro atoms. The van der Waals surface area contributed by atoms with Crippen LogP contribution in [0.2, 0.25) is 0 Å². The van der Waals surface area contributed by atoms with Gasteiger partial charge in [0.05, 0.1) is 32.6 Å². The first-order valence-corrected chi connectivity index (χ1v) is 9.91. The van der Waals surface area contributed by atoms with Gasteiger partial charge in [-0.05, 0) is 49.8 Å². The summed E-state index contributed by atoms with van der Waals surface area (Å²) < 4.78 is 21.3. The van der Waals surface area contributed by atoms with Crippen LogP contribution in [-0.2, 0) is 22.4 Å². The van der Waals surface area contributed by atoms with Crippen LogP contribution in [0, 0.1) is 0 Å². The standard InChI is InChI=1S/C23H27NO6/c1-14(30-19-11-7-9-15-8-5-6-10-16(15)19)22(25)24-18-13-21(28-3)20(27-2)12-17(18)23(26)29-4/h7,9,11-14H,5-6,8,10H2,1-4H3,(H,24,25)/t14-/m1/s1. The number of aryl methyl sites for hydroxylation is 1. The Morgan fingerprint density at radius 1 is 0.967 bits per heavy atom. The van der Waals surface area contributed by atoms with Crippen LogP contribution in [0.5, 0.6) is 17.2 Å². The topological polar surface area (TPSA) is 83.1 Å². The zero-order valence-electron chi connectivity index (χ0n) is 17.7. The molecule has 2 aromatic carbocycles. The Morgan fingerprint density at radius 2 is 1.67 bits per heavy atom. The third kappa shape index (κ3) is 4.50. The van der Waals surface area contributed by atoms with Crippen LogP contribution in [-0.4, -0.2) is 39.3 Å². The average Bonchev–Trinajstić information content (AvgIpc) is 2.78. The Labute approximate surface area is 176 Å². The summed E-state index contributed by atoms with van der Waals surface area (Å²) in [7, 11) is 4.22. The summed E-state index contributed by atoms with van der Waals surface area (Å²) in [5.41, 5.74) is 2.87. The minimum absolute atomic E-state index is 0.160. The third-order valence-electron chi connectivity index (χ3n) is 5.21. The van der Waals surface area contributed by atoms with Gasteiger partial charge in [-0.25, -0.2) is 4.79 Å². The van der Waals surface area contributed by atoms with Gasteiger partial charge in [0.15, 0.2) is 17.6 Å². The van der Waals surface area contributed by atoms with E-state index in [0.717, 1.165) is 25.0 Å². The van der Waals surface area contributed by atoms with Gasteiger partial charge in [0, 0.05) is 12.1 Å². The summed E-state index contributed by atoms with van der Waals surface area (Å²) in [5.74, 6) is 0.482. The molecule has 0 saturated heterocycles. The van der Waals surface area contributed by atoms with E-state index in [2.05, 4.69) is 11.4 Å². The van der Waals surface area contributed by atoms with E-state index in [4.69, 9.17) is 18.9 Å². The Balaban J connectivity index is 1.82. The molecule has 1 amide bonds. The summed E-state index contributed by atoms with van der Waals surface area (Å²) in [6.07, 6.45) is 3.49. The minimum Gasteiger partial charge on any atom is -0.493 e. The highest BCUT2D eigenvalue weighted by Gasteiger charge is 2.23. The molecule has 7 nitrogen and oxygen atoms in total. The van der Waals surface area contributed by atoms with Crippen LogP contribution in [0.3, 0.4) is 0 Å². The molecule has 0 saturated carbocycles. The second-order valence-corrected chi connectivity index (χ2v) is 7.09. The lowest BCUT2D eigenvalue weighted by Crippen LogP contribution is -2.31. The van der Waals surface area contributed by atoms with E-state index < -0.39 is 12.1 Å². The number of carbonyl (C=O) groups is 2. The van der Waals surface area contributed by atoms with Crippen molar-refractivity contribution in [1.82, 2.24) is 0 Å². The van der Waals surface area contributed by atoms with Crippen molar-refractivity contribution in [2.45, 2.75) is 38.7 Å². The molecular formula is C23H27NO6. The molecule has 7 heteroatoms. The third-order valence-corrected chi connectivity index (χ3v) is 5.21. The van der Waals surface area contributed by atoms with Gasteiger partial charge in [-0.15, -0.1) is 0 Å². The molecule has 160 valence electrons. The summed E-state index contributed by atoms with van der Waals surface area (Å²) in [5, 5.41) is 2.75. The molecule has 0 radical (unpaired) electrons. The number of methoxy groups -OCH3 is 3. The van der Waals surface area contributed by atoms with Crippen LogP contribution >= 0.6 is 0 Å². The number of ether oxygens (including phenoxy) is 4. The molecule has 2 aromatic rings. The number of amides is 1. The fraction of sp³-hybridized carbons (Fsp3) is 0.391. The molecule has 3 rings (SSSR count). The van der Waals surface area contributed by atoms with Crippen LogP contribution < -0.4 is 19.5 Å². The summed E-state index contributed by atoms with van der Waals surface area (Å²) in [6, 6.07) is 8.95. The maximum absolute atomic E-state index is 12.8. The van der Waals surface area contributed by atoms with Crippen molar-refractivity contribution in [2.75, 3.05) is 26.6 Å². The summed E-state index contributed by atoms with van der Waals surface area (Å²) in [4.78, 5) is 25.0. The number of benzene rings is 2. The second-order valence-electron chi connectivity index (χ2n) is 7.09. The van der Waals surface area contributed by atoms with E-state index in [1.165, 1.54) is 51.0 Å². The molecule has 0 fully saturated rings. The lowest BCUT2D eigenvalue weighted by molar-refractivity contribution is -0.122. The van der Waals surface area contributed by atoms with Crippen molar-refractivity contribution in [3.05, 3.63) is 47.0 Å². The number of rotatable bonds is 7. The molecule has 0 aliphatic heterocycles. The fourth-order valence-corrected chi connectivity index (χ4v) is 3.60. The number of anilines is 1. The number of carbonyl (C=O) groups excluding carboxylic acids is 2. The molecule has 1 N–H and O–H groups in total. The summed E-state index contributed by atoms with van der Waals surface area (Å²) >= 11 is 0. The molecular weight excluding hydrogens is 386 g/mol. The monoisotopic (exact) mass is 413 g/mol. The van der Waals surface area contributed by atoms with Gasteiger partial charge in [-0.3, -0.25) is 4.79 Å². The maximum atomic E-state index is 12.8. The highest BCUT2D eigenvalue weighted by molar-refractivity contribution is 6.03. The van der Waals surface area contributed by atoms with E-state index in [0.29, 0.717) is 11.5 Å². The van der Waals surface area contributed by atoms with Gasteiger partial charge < -0.3 is 24.3 Å². The predicted octanol–water partition coefficient (Wildman–Crippen LogP) is 3.78. The first-order valence-electron chi connectivity index (χ1n) is 9.91. The van der Waals surface area contributed by atoms with Crippen molar-refractivity contribution in [3.63, 3.8) is 0 Å². The van der Waals surface area contributed by atoms with E-state index in [-0.39, 0.29) is 17.2 Å². The van der Waals surface area contributed by atoms with E-state index in [9.17, 15) is 9.59 Å². The van der Waals surface area contributed by atoms with E-state index in [1.807, 2.05) is 12.1 Å². The zero-order chi connectivity index (χ0) is 21.7. The number of nitrogens with one attached hydrogen (secondary N) is 1. The highest BCUT2D eigenvalue weighted by atomic mass is 16.5. The Hall–Kier alpha value is -3.22. The molecule has 0 unspecified atom stereocenters. The van der Waals surface area contributed by atoms with E-state index in [1.54, 1.807) is 6.92 Å². The number of hydrogen-bond donors (Lipinski definition) is 1. The molecule has 1 atom stereocenters. The molecule has 1 aliphatic rings. The molecule has 30 heavy (non-hydrogen) atoms. The van der Waals surface area contributed by atoms with Gasteiger partial charge in [-0.1, -0.05) is 12.1 Å². The zero-order valence-corrected chi connectivity index (χ0v) is 17.7. The predicted molar refractivity (Wildman–Crippen MR) is 113 cm³/mol. The molecule has 0 aromatic heterocycles. The SMILES string of the molecule is COC(=O)c1cc(OC)c(OC)cc1NC(=O)[C@@H](C)Oc1cccc2c1CCCC2. The van der Waals surface area contributed by atoms with Gasteiger partial charge in [0.2, 0.25) is 0 Å². The normalized spacial score (nSPS) is 13.6. The first kappa shape index (κ1) is 21.5. The van der Waals surface area contributed by atoms with Crippen molar-refractivity contribution in [3.8, 4) is 17.2 Å². The van der Waals surface area contributed by atoms with Crippen LogP contribution in [0.1, 0.15) is 41.3 Å². The Morgan fingerprint density at radius 3 is 2.37 bits per heavy atom. The smallest absolute Gasteiger partial charge is 0.340 e. The number of fused-ring (bicyclic) bond motifs is 1. The van der Waals surface area contributed by atoms with E-state index >= 15 is 0 Å². The quantitative estimate of drug-likeness (QED) is 0.696. The van der Waals surface area contributed by atoms with Gasteiger partial charge in [0.25, 0.3) is 5.91 Å². The van der Waals surface area contributed by atoms with Crippen molar-refractivity contribution in [1.29, 1.82) is 0 Å². The van der Waals surface area contributed by atoms with Crippen molar-refractivity contribution < 1.29 is 28.5 Å². The average molecular weight is 413 g/mol. The second kappa shape index (κ2) is 9.52. The van der Waals surface area contributed by atoms with Gasteiger partial charge in [-0.2, -0.15) is 0 Å². The Kier molecular flexibility index (Phi) is 6.82. The Bertz CT molecular complexity index is 940. The minimum atomic E-state index is -0.767. The molecule has 0 heterocycles.